The molecule has 0 spiro atoms. The van der Waals surface area contributed by atoms with Crippen LogP contribution in [0, 0.1) is 35.9 Å². The van der Waals surface area contributed by atoms with Crippen molar-refractivity contribution in [3.05, 3.63) is 141 Å². The molecule has 6 rings (SSSR count). The van der Waals surface area contributed by atoms with Crippen molar-refractivity contribution in [1.29, 1.82) is 5.26 Å². The Morgan fingerprint density at radius 2 is 1.61 bits per heavy atom. The Labute approximate surface area is 262 Å². The summed E-state index contributed by atoms with van der Waals surface area (Å²) < 4.78 is 17.0. The van der Waals surface area contributed by atoms with Crippen LogP contribution < -0.4 is 0 Å². The van der Waals surface area contributed by atoms with E-state index in [4.69, 9.17) is 11.6 Å². The lowest BCUT2D eigenvalue weighted by atomic mass is 9.92. The molecule has 0 radical (unpaired) electrons. The maximum absolute atomic E-state index is 14.9. The summed E-state index contributed by atoms with van der Waals surface area (Å²) in [5.74, 6) is -1.28. The first kappa shape index (κ1) is 29.1. The fourth-order valence-corrected chi connectivity index (χ4v) is 6.60. The largest absolute Gasteiger partial charge is 0.316 e. The number of aromatic nitrogens is 1. The summed E-state index contributed by atoms with van der Waals surface area (Å²) in [5.41, 5.74) is 7.93. The van der Waals surface area contributed by atoms with E-state index in [-0.39, 0.29) is 11.4 Å². The van der Waals surface area contributed by atoms with Crippen LogP contribution in [-0.2, 0) is 0 Å². The normalized spacial score (nSPS) is 11.0. The minimum Gasteiger partial charge on any atom is -0.279 e. The van der Waals surface area contributed by atoms with Crippen molar-refractivity contribution in [3.63, 3.8) is 0 Å². The van der Waals surface area contributed by atoms with Gasteiger partial charge in [0.05, 0.1) is 22.8 Å². The quantitative estimate of drug-likeness (QED) is 0.175. The van der Waals surface area contributed by atoms with Crippen LogP contribution in [0.15, 0.2) is 113 Å². The van der Waals surface area contributed by atoms with Gasteiger partial charge >= 0.3 is 5.91 Å². The van der Waals surface area contributed by atoms with Crippen LogP contribution >= 0.6 is 23.5 Å². The van der Waals surface area contributed by atoms with Crippen molar-refractivity contribution in [3.8, 4) is 39.6 Å². The van der Waals surface area contributed by atoms with E-state index in [9.17, 15) is 19.4 Å². The van der Waals surface area contributed by atoms with Crippen molar-refractivity contribution in [2.75, 3.05) is 0 Å². The smallest absolute Gasteiger partial charge is 0.279 e. The molecule has 0 saturated carbocycles. The average Bonchev–Trinajstić information content (AvgIpc) is 3.34. The number of nitroso groups, excluding NO2 is 1. The highest BCUT2D eigenvalue weighted by atomic mass is 35.5. The SMILES string of the molecule is Cc1ccc(Sn2c(-c3cccc(-c4ccc(C(=O)N=O)cc4Cl)c3)c(-c3cc(C)ccc3C#N)c3cc(F)ccc32)cc1. The van der Waals surface area contributed by atoms with E-state index >= 15 is 0 Å². The van der Waals surface area contributed by atoms with Crippen LogP contribution in [0.2, 0.25) is 5.02 Å². The molecule has 1 heterocycles. The van der Waals surface area contributed by atoms with Crippen LogP contribution in [0.5, 0.6) is 0 Å². The van der Waals surface area contributed by atoms with Gasteiger partial charge in [-0.25, -0.2) is 4.39 Å². The first-order valence-electron chi connectivity index (χ1n) is 13.7. The molecular formula is C36H23ClFN3O2S. The molecule has 6 aromatic rings. The second kappa shape index (κ2) is 11.9. The molecule has 0 atom stereocenters. The zero-order chi connectivity index (χ0) is 31.0. The Balaban J connectivity index is 1.66. The number of carbonyl (C=O) groups is 1. The van der Waals surface area contributed by atoms with Gasteiger partial charge in [0.25, 0.3) is 0 Å². The van der Waals surface area contributed by atoms with Gasteiger partial charge in [-0.15, -0.1) is 4.91 Å². The summed E-state index contributed by atoms with van der Waals surface area (Å²) in [6, 6.07) is 33.2. The molecule has 0 N–H and O–H groups in total. The third-order valence-corrected chi connectivity index (χ3v) is 8.77. The minimum atomic E-state index is -0.895. The molecule has 1 aromatic heterocycles. The predicted molar refractivity (Wildman–Crippen MR) is 175 cm³/mol. The minimum absolute atomic E-state index is 0.104. The second-order valence-corrected chi connectivity index (χ2v) is 11.8. The van der Waals surface area contributed by atoms with Crippen LogP contribution in [0.4, 0.5) is 4.39 Å². The van der Waals surface area contributed by atoms with Crippen LogP contribution in [-0.4, -0.2) is 9.88 Å². The molecule has 0 aliphatic rings. The Morgan fingerprint density at radius 1 is 0.864 bits per heavy atom. The Morgan fingerprint density at radius 3 is 2.34 bits per heavy atom. The van der Waals surface area contributed by atoms with E-state index in [1.807, 2.05) is 74.5 Å². The lowest BCUT2D eigenvalue weighted by Gasteiger charge is -2.15. The van der Waals surface area contributed by atoms with Gasteiger partial charge in [-0.3, -0.25) is 8.77 Å². The highest BCUT2D eigenvalue weighted by Crippen LogP contribution is 2.46. The maximum Gasteiger partial charge on any atom is 0.316 e. The number of halogens is 2. The van der Waals surface area contributed by atoms with E-state index in [0.29, 0.717) is 27.1 Å². The van der Waals surface area contributed by atoms with Crippen molar-refractivity contribution in [2.45, 2.75) is 18.7 Å². The van der Waals surface area contributed by atoms with Crippen molar-refractivity contribution < 1.29 is 9.18 Å². The molecule has 0 bridgehead atoms. The molecular weight excluding hydrogens is 593 g/mol. The fraction of sp³-hybridized carbons (Fsp3) is 0.0556. The number of hydrogen-bond donors (Lipinski definition) is 0. The third-order valence-electron chi connectivity index (χ3n) is 7.42. The third kappa shape index (κ3) is 5.42. The van der Waals surface area contributed by atoms with Crippen LogP contribution in [0.1, 0.15) is 27.0 Å². The monoisotopic (exact) mass is 615 g/mol. The molecule has 0 saturated heterocycles. The van der Waals surface area contributed by atoms with E-state index in [1.165, 1.54) is 36.2 Å². The number of rotatable bonds is 6. The first-order valence-corrected chi connectivity index (χ1v) is 14.8. The second-order valence-electron chi connectivity index (χ2n) is 10.4. The highest BCUT2D eigenvalue weighted by molar-refractivity contribution is 7.98. The van der Waals surface area contributed by atoms with Gasteiger partial charge in [0.1, 0.15) is 5.82 Å². The Kier molecular flexibility index (Phi) is 7.88. The summed E-state index contributed by atoms with van der Waals surface area (Å²) in [6.07, 6.45) is 0. The van der Waals surface area contributed by atoms with Crippen LogP contribution in [0.3, 0.4) is 0 Å². The Bertz CT molecular complexity index is 2150. The summed E-state index contributed by atoms with van der Waals surface area (Å²) >= 11 is 8.10. The molecule has 1 amide bonds. The zero-order valence-electron chi connectivity index (χ0n) is 23.6. The lowest BCUT2D eigenvalue weighted by molar-refractivity contribution is 0.100. The standard InChI is InChI=1S/C36H23ClFN3O2S/c1-21-7-12-28(13-8-21)44-41-33-15-11-27(38)19-31(33)34(30-16-22(2)6-9-26(30)20-39)35(41)24-5-3-4-23(17-24)29-14-10-25(18-32(29)37)36(42)40-43/h3-19H,1-2H3. The predicted octanol–water partition coefficient (Wildman–Crippen LogP) is 10.4. The summed E-state index contributed by atoms with van der Waals surface area (Å²) in [6.45, 7) is 3.99. The summed E-state index contributed by atoms with van der Waals surface area (Å²) in [4.78, 5) is 23.6. The molecule has 5 aromatic carbocycles. The molecule has 0 aliphatic heterocycles. The van der Waals surface area contributed by atoms with Gasteiger partial charge in [0.15, 0.2) is 0 Å². The van der Waals surface area contributed by atoms with E-state index in [2.05, 4.69) is 15.2 Å². The number of aryl methyl sites for hydroxylation is 2. The maximum atomic E-state index is 14.9. The lowest BCUT2D eigenvalue weighted by Crippen LogP contribution is -1.95. The average molecular weight is 616 g/mol. The zero-order valence-corrected chi connectivity index (χ0v) is 25.2. The summed E-state index contributed by atoms with van der Waals surface area (Å²) in [5, 5.41) is 13.6. The molecule has 5 nitrogen and oxygen atoms in total. The van der Waals surface area contributed by atoms with Gasteiger partial charge in [0.2, 0.25) is 0 Å². The number of nitrogens with zero attached hydrogens (tertiary/aromatic N) is 3. The van der Waals surface area contributed by atoms with Crippen molar-refractivity contribution >= 4 is 40.4 Å². The number of carbonyl (C=O) groups excluding carboxylic acids is 1. The van der Waals surface area contributed by atoms with Crippen LogP contribution in [0.25, 0.3) is 44.4 Å². The molecule has 44 heavy (non-hydrogen) atoms. The molecule has 0 unspecified atom stereocenters. The van der Waals surface area contributed by atoms with Gasteiger partial charge in [-0.05, 0) is 86.0 Å². The number of fused-ring (bicyclic) bond motifs is 1. The molecule has 0 fully saturated rings. The number of hydrogen-bond acceptors (Lipinski definition) is 4. The van der Waals surface area contributed by atoms with Crippen molar-refractivity contribution in [2.24, 2.45) is 5.18 Å². The Hall–Kier alpha value is -5.03. The van der Waals surface area contributed by atoms with E-state index in [0.717, 1.165) is 43.9 Å². The summed E-state index contributed by atoms with van der Waals surface area (Å²) in [7, 11) is 0. The van der Waals surface area contributed by atoms with Gasteiger partial charge in [-0.1, -0.05) is 71.3 Å². The number of nitriles is 1. The topological polar surface area (TPSA) is 75.2 Å². The van der Waals surface area contributed by atoms with Gasteiger partial charge in [0, 0.05) is 48.3 Å². The molecule has 0 aliphatic carbocycles. The number of benzene rings is 5. The fourth-order valence-electron chi connectivity index (χ4n) is 5.30. The van der Waals surface area contributed by atoms with Gasteiger partial charge < -0.3 is 0 Å². The highest BCUT2D eigenvalue weighted by Gasteiger charge is 2.24. The van der Waals surface area contributed by atoms with Crippen molar-refractivity contribution in [1.82, 2.24) is 3.97 Å². The molecule has 214 valence electrons. The molecule has 8 heteroatoms. The van der Waals surface area contributed by atoms with Gasteiger partial charge in [-0.2, -0.15) is 5.26 Å². The van der Waals surface area contributed by atoms with E-state index in [1.54, 1.807) is 18.2 Å². The first-order chi connectivity index (χ1) is 21.3. The van der Waals surface area contributed by atoms with E-state index < -0.39 is 5.91 Å². The number of amides is 1.